The van der Waals surface area contributed by atoms with Gasteiger partial charge in [-0.05, 0) is 124 Å². The number of phenolic OH excluding ortho intramolecular Hbond substituents is 1. The number of halogens is 2. The van der Waals surface area contributed by atoms with Crippen molar-refractivity contribution in [3.05, 3.63) is 59.2 Å². The van der Waals surface area contributed by atoms with Crippen LogP contribution in [0.25, 0.3) is 0 Å². The fraction of sp³-hybridized carbons (Fsp3) is 0.636. The van der Waals surface area contributed by atoms with Gasteiger partial charge in [0.2, 0.25) is 11.8 Å². The monoisotopic (exact) mass is 926 g/mol. The van der Waals surface area contributed by atoms with Crippen LogP contribution in [0.15, 0.2) is 36.4 Å². The molecule has 6 amide bonds. The van der Waals surface area contributed by atoms with Gasteiger partial charge >= 0.3 is 12.1 Å². The first kappa shape index (κ1) is 51.3. The fourth-order valence-electron chi connectivity index (χ4n) is 7.24. The summed E-state index contributed by atoms with van der Waals surface area (Å²) in [6.07, 6.45) is 8.11. The van der Waals surface area contributed by atoms with Crippen molar-refractivity contribution in [2.45, 2.75) is 116 Å². The first-order valence-electron chi connectivity index (χ1n) is 21.8. The number of aromatic hydroxyl groups is 1. The number of imide groups is 2. The average molecular weight is 927 g/mol. The molecular formula is C44H64F2N4O11S2. The Hall–Kier alpha value is -4.36. The number of carbonyl (C=O) groups is 4. The van der Waals surface area contributed by atoms with E-state index in [-0.39, 0.29) is 83.7 Å². The van der Waals surface area contributed by atoms with E-state index in [1.165, 1.54) is 40.8 Å². The normalized spacial score (nSPS) is 18.4. The van der Waals surface area contributed by atoms with Crippen molar-refractivity contribution in [3.8, 4) is 11.5 Å². The Balaban J connectivity index is 0.000000246. The number of aliphatic hydroxyl groups is 1. The number of benzene rings is 2. The number of hydrogen-bond donors (Lipinski definition) is 4. The van der Waals surface area contributed by atoms with Crippen molar-refractivity contribution in [2.75, 3.05) is 49.2 Å². The molecule has 352 valence electrons. The number of ether oxygens (including phenoxy) is 1. The average Bonchev–Trinajstić information content (AvgIpc) is 4.13. The molecule has 1 unspecified atom stereocenters. The molecule has 4 atom stereocenters. The van der Waals surface area contributed by atoms with E-state index in [0.29, 0.717) is 69.0 Å². The molecule has 6 rings (SSSR count). The maximum Gasteiger partial charge on any atom is 0.324 e. The van der Waals surface area contributed by atoms with Crippen LogP contribution in [0.3, 0.4) is 0 Å². The summed E-state index contributed by atoms with van der Waals surface area (Å²) < 4.78 is 82.5. The van der Waals surface area contributed by atoms with Gasteiger partial charge in [-0.2, -0.15) is 0 Å². The van der Waals surface area contributed by atoms with Crippen LogP contribution in [0.5, 0.6) is 11.5 Å². The van der Waals surface area contributed by atoms with Gasteiger partial charge in [0.15, 0.2) is 42.8 Å². The summed E-state index contributed by atoms with van der Waals surface area (Å²) in [7, 11) is -6.57. The van der Waals surface area contributed by atoms with Gasteiger partial charge < -0.3 is 24.7 Å². The Morgan fingerprint density at radius 1 is 0.667 bits per heavy atom. The van der Waals surface area contributed by atoms with E-state index < -0.39 is 43.1 Å². The number of carbonyl (C=O) groups excluding carboxylic acids is 4. The molecule has 0 radical (unpaired) electrons. The number of aliphatic hydroxyl groups excluding tert-OH is 1. The Bertz CT molecular complexity index is 2120. The van der Waals surface area contributed by atoms with Crippen molar-refractivity contribution >= 4 is 43.6 Å². The number of rotatable bonds is 22. The first-order valence-corrected chi connectivity index (χ1v) is 25.5. The third-order valence-corrected chi connectivity index (χ3v) is 15.3. The summed E-state index contributed by atoms with van der Waals surface area (Å²) in [5.74, 6) is -1.61. The molecule has 0 aromatic heterocycles. The topological polar surface area (TPSA) is 217 Å². The van der Waals surface area contributed by atoms with Crippen LogP contribution in [-0.4, -0.2) is 122 Å². The Kier molecular flexibility index (Phi) is 19.2. The van der Waals surface area contributed by atoms with Gasteiger partial charge in [0.05, 0.1) is 35.2 Å². The minimum Gasteiger partial charge on any atom is -0.505 e. The molecule has 2 heterocycles. The lowest BCUT2D eigenvalue weighted by atomic mass is 10.0. The third kappa shape index (κ3) is 18.0. The maximum atomic E-state index is 14.1. The molecule has 0 spiro atoms. The molecule has 63 heavy (non-hydrogen) atoms. The lowest BCUT2D eigenvalue weighted by Crippen LogP contribution is -2.29. The number of amides is 6. The van der Waals surface area contributed by atoms with Crippen molar-refractivity contribution in [1.29, 1.82) is 0 Å². The van der Waals surface area contributed by atoms with Gasteiger partial charge in [0.25, 0.3) is 0 Å². The Labute approximate surface area is 370 Å². The highest BCUT2D eigenvalue weighted by Crippen LogP contribution is 2.36. The molecule has 19 heteroatoms. The minimum absolute atomic E-state index is 0.0146. The standard InChI is InChI=1S/C22H31FN2O5S.C17H23FN2O5S.C5H10O/c1-15(18-8-9-19(23)20(12-18)30-16(2)17-6-7-17)14-31(28,29)11-5-3-4-10-25-13-21(26)24-22(25)27;1-12(13-5-6-14(18)15(21)9-13)11-26(24,25)8-4-2-3-7-20-10-16(22)19-17(20)23;1-4(6)5-2-3-5/h8-9,12,15-17H,3-7,10-11,13-14H2,1-2H3,(H,24,26,27);5-6,9,12,21H,2-4,7-8,10-11H2,1H3,(H,19,22,23);4-6H,2-3H2,1H3/t15-,16?;12-;4-/m000/s1. The SMILES string of the molecule is CC(Oc1cc([C@@H](C)CS(=O)(=O)CCCCCN2CC(=O)NC2=O)ccc1F)C1CC1.C[C@@H](CS(=O)(=O)CCCCCN1CC(=O)NC1=O)c1ccc(F)c(O)c1.C[C@H](O)C1CC1. The zero-order chi connectivity index (χ0) is 46.5. The molecule has 2 aliphatic carbocycles. The minimum atomic E-state index is -3.29. The highest BCUT2D eigenvalue weighted by Gasteiger charge is 2.31. The van der Waals surface area contributed by atoms with E-state index in [9.17, 15) is 49.9 Å². The van der Waals surface area contributed by atoms with Crippen molar-refractivity contribution in [2.24, 2.45) is 11.8 Å². The largest absolute Gasteiger partial charge is 0.505 e. The van der Waals surface area contributed by atoms with Gasteiger partial charge in [0, 0.05) is 13.1 Å². The number of phenols is 1. The number of nitrogens with one attached hydrogen (secondary N) is 2. The van der Waals surface area contributed by atoms with Crippen LogP contribution < -0.4 is 15.4 Å². The lowest BCUT2D eigenvalue weighted by Gasteiger charge is -2.18. The summed E-state index contributed by atoms with van der Waals surface area (Å²) in [5.41, 5.74) is 1.31. The summed E-state index contributed by atoms with van der Waals surface area (Å²) in [4.78, 5) is 47.9. The van der Waals surface area contributed by atoms with E-state index in [1.54, 1.807) is 19.1 Å². The second kappa shape index (κ2) is 23.5. The van der Waals surface area contributed by atoms with Crippen molar-refractivity contribution in [1.82, 2.24) is 20.4 Å². The van der Waals surface area contributed by atoms with E-state index in [0.717, 1.165) is 24.5 Å². The quantitative estimate of drug-likeness (QED) is 0.0819. The smallest absolute Gasteiger partial charge is 0.324 e. The Morgan fingerprint density at radius 3 is 1.49 bits per heavy atom. The molecule has 4 aliphatic rings. The van der Waals surface area contributed by atoms with E-state index in [4.69, 9.17) is 9.84 Å². The second-order valence-electron chi connectivity index (χ2n) is 17.3. The van der Waals surface area contributed by atoms with Crippen LogP contribution >= 0.6 is 0 Å². The summed E-state index contributed by atoms with van der Waals surface area (Å²) in [6.45, 7) is 8.31. The zero-order valence-electron chi connectivity index (χ0n) is 36.7. The predicted molar refractivity (Wildman–Crippen MR) is 234 cm³/mol. The van der Waals surface area contributed by atoms with Crippen molar-refractivity contribution in [3.63, 3.8) is 0 Å². The van der Waals surface area contributed by atoms with Crippen LogP contribution in [0.4, 0.5) is 18.4 Å². The zero-order valence-corrected chi connectivity index (χ0v) is 38.3. The van der Waals surface area contributed by atoms with Gasteiger partial charge in [-0.25, -0.2) is 35.2 Å². The number of unbranched alkanes of at least 4 members (excludes halogenated alkanes) is 4. The van der Waals surface area contributed by atoms with Crippen molar-refractivity contribution < 1.29 is 59.7 Å². The molecule has 15 nitrogen and oxygen atoms in total. The molecule has 2 aromatic carbocycles. The molecule has 4 fully saturated rings. The molecule has 2 aliphatic heterocycles. The van der Waals surface area contributed by atoms with Gasteiger partial charge in [-0.1, -0.05) is 38.8 Å². The first-order chi connectivity index (χ1) is 29.6. The molecule has 2 saturated carbocycles. The number of sulfone groups is 2. The molecule has 2 saturated heterocycles. The maximum absolute atomic E-state index is 14.1. The van der Waals surface area contributed by atoms with Gasteiger partial charge in [0.1, 0.15) is 13.1 Å². The van der Waals surface area contributed by atoms with E-state index >= 15 is 0 Å². The number of nitrogens with zero attached hydrogens (tertiary/aromatic N) is 2. The summed E-state index contributed by atoms with van der Waals surface area (Å²) in [6, 6.07) is 7.62. The highest BCUT2D eigenvalue weighted by molar-refractivity contribution is 7.91. The summed E-state index contributed by atoms with van der Waals surface area (Å²) in [5, 5.41) is 22.5. The summed E-state index contributed by atoms with van der Waals surface area (Å²) >= 11 is 0. The van der Waals surface area contributed by atoms with Crippen LogP contribution in [-0.2, 0) is 29.3 Å². The molecule has 2 aromatic rings. The highest BCUT2D eigenvalue weighted by atomic mass is 32.2. The molecule has 4 N–H and O–H groups in total. The third-order valence-electron chi connectivity index (χ3n) is 11.5. The van der Waals surface area contributed by atoms with Crippen LogP contribution in [0, 0.1) is 23.5 Å². The van der Waals surface area contributed by atoms with Gasteiger partial charge in [-0.3, -0.25) is 20.2 Å². The van der Waals surface area contributed by atoms with Crippen LogP contribution in [0.1, 0.15) is 115 Å². The predicted octanol–water partition coefficient (Wildman–Crippen LogP) is 5.79. The molecular weight excluding hydrogens is 863 g/mol. The molecule has 0 bridgehead atoms. The van der Waals surface area contributed by atoms with E-state index in [2.05, 4.69) is 10.6 Å². The fourth-order valence-corrected chi connectivity index (χ4v) is 10.8. The Morgan fingerprint density at radius 2 is 1.11 bits per heavy atom. The van der Waals surface area contributed by atoms with E-state index in [1.807, 2.05) is 20.8 Å². The van der Waals surface area contributed by atoms with Crippen LogP contribution in [0.2, 0.25) is 0 Å². The lowest BCUT2D eigenvalue weighted by molar-refractivity contribution is -0.119. The number of hydrogen-bond acceptors (Lipinski definition) is 11. The number of urea groups is 2. The second-order valence-corrected chi connectivity index (χ2v) is 21.8. The van der Waals surface area contributed by atoms with Gasteiger partial charge in [-0.15, -0.1) is 0 Å².